The molecule has 0 unspecified atom stereocenters. The molecule has 2 rings (SSSR count). The normalized spacial score (nSPS) is 10.1. The van der Waals surface area contributed by atoms with E-state index in [0.29, 0.717) is 17.8 Å². The molecule has 4 N–H and O–H groups in total. The number of benzene rings is 2. The smallest absolute Gasteiger partial charge is 0.265 e. The summed E-state index contributed by atoms with van der Waals surface area (Å²) in [6.07, 6.45) is 0.864. The van der Waals surface area contributed by atoms with E-state index in [1.165, 1.54) is 5.56 Å². The average Bonchev–Trinajstić information content (AvgIpc) is 2.45. The van der Waals surface area contributed by atoms with Gasteiger partial charge in [0, 0.05) is 17.8 Å². The summed E-state index contributed by atoms with van der Waals surface area (Å²) < 4.78 is 0. The fourth-order valence-corrected chi connectivity index (χ4v) is 1.70. The van der Waals surface area contributed by atoms with Crippen LogP contribution in [0.2, 0.25) is 0 Å². The van der Waals surface area contributed by atoms with Gasteiger partial charge in [-0.05, 0) is 36.2 Å². The van der Waals surface area contributed by atoms with Crippen LogP contribution in [-0.4, -0.2) is 12.5 Å². The van der Waals surface area contributed by atoms with Crippen molar-refractivity contribution in [1.82, 2.24) is 10.9 Å². The minimum Gasteiger partial charge on any atom is -0.399 e. The van der Waals surface area contributed by atoms with Crippen LogP contribution in [0.25, 0.3) is 0 Å². The summed E-state index contributed by atoms with van der Waals surface area (Å²) in [7, 11) is 0. The lowest BCUT2D eigenvalue weighted by Crippen LogP contribution is -2.38. The largest absolute Gasteiger partial charge is 0.399 e. The van der Waals surface area contributed by atoms with Crippen molar-refractivity contribution in [3.05, 3.63) is 65.7 Å². The molecule has 0 heterocycles. The van der Waals surface area contributed by atoms with Gasteiger partial charge in [-0.1, -0.05) is 30.3 Å². The number of carbonyl (C=O) groups is 1. The first kappa shape index (κ1) is 13.1. The maximum absolute atomic E-state index is 11.8. The van der Waals surface area contributed by atoms with E-state index in [4.69, 9.17) is 5.73 Å². The predicted octanol–water partition coefficient (Wildman–Crippen LogP) is 1.75. The molecule has 0 aromatic heterocycles. The number of anilines is 1. The Hall–Kier alpha value is -2.33. The molecule has 19 heavy (non-hydrogen) atoms. The third-order valence-corrected chi connectivity index (χ3v) is 2.76. The summed E-state index contributed by atoms with van der Waals surface area (Å²) in [6, 6.07) is 16.9. The van der Waals surface area contributed by atoms with Crippen LogP contribution in [0.5, 0.6) is 0 Å². The van der Waals surface area contributed by atoms with Crippen molar-refractivity contribution >= 4 is 11.6 Å². The lowest BCUT2D eigenvalue weighted by molar-refractivity contribution is 0.0933. The van der Waals surface area contributed by atoms with Gasteiger partial charge >= 0.3 is 0 Å². The van der Waals surface area contributed by atoms with Gasteiger partial charge < -0.3 is 5.73 Å². The number of carbonyl (C=O) groups excluding carboxylic acids is 1. The molecule has 0 bridgehead atoms. The molecule has 0 fully saturated rings. The standard InChI is InChI=1S/C15H17N3O/c16-14-8-6-13(7-9-14)15(19)18-17-11-10-12-4-2-1-3-5-12/h1-9,17H,10-11,16H2,(H,18,19). The molecule has 2 aromatic rings. The fraction of sp³-hybridized carbons (Fsp3) is 0.133. The molecule has 0 aliphatic heterocycles. The van der Waals surface area contributed by atoms with E-state index >= 15 is 0 Å². The number of hydrogen-bond donors (Lipinski definition) is 3. The number of hydrogen-bond acceptors (Lipinski definition) is 3. The first-order chi connectivity index (χ1) is 9.25. The summed E-state index contributed by atoms with van der Waals surface area (Å²) in [6.45, 7) is 0.685. The van der Waals surface area contributed by atoms with E-state index in [2.05, 4.69) is 23.0 Å². The highest BCUT2D eigenvalue weighted by Crippen LogP contribution is 2.04. The molecule has 0 aliphatic rings. The summed E-state index contributed by atoms with van der Waals surface area (Å²) >= 11 is 0. The Bertz CT molecular complexity index is 523. The Morgan fingerprint density at radius 1 is 1.00 bits per heavy atom. The number of nitrogen functional groups attached to an aromatic ring is 1. The molecule has 0 aliphatic carbocycles. The van der Waals surface area contributed by atoms with Crippen molar-refractivity contribution in [2.24, 2.45) is 0 Å². The van der Waals surface area contributed by atoms with Gasteiger partial charge in [0.05, 0.1) is 0 Å². The zero-order valence-corrected chi connectivity index (χ0v) is 10.6. The minimum atomic E-state index is -0.159. The van der Waals surface area contributed by atoms with Crippen molar-refractivity contribution < 1.29 is 4.79 Å². The first-order valence-corrected chi connectivity index (χ1v) is 6.18. The lowest BCUT2D eigenvalue weighted by Gasteiger charge is -2.07. The van der Waals surface area contributed by atoms with E-state index in [0.717, 1.165) is 6.42 Å². The van der Waals surface area contributed by atoms with E-state index in [1.54, 1.807) is 24.3 Å². The van der Waals surface area contributed by atoms with Crippen LogP contribution >= 0.6 is 0 Å². The molecule has 4 heteroatoms. The number of nitrogens with one attached hydrogen (secondary N) is 2. The zero-order chi connectivity index (χ0) is 13.5. The van der Waals surface area contributed by atoms with Gasteiger partial charge in [0.25, 0.3) is 5.91 Å². The molecular formula is C15H17N3O. The molecule has 0 saturated heterocycles. The van der Waals surface area contributed by atoms with Crippen molar-refractivity contribution in [3.63, 3.8) is 0 Å². The van der Waals surface area contributed by atoms with Gasteiger partial charge in [0.1, 0.15) is 0 Å². The van der Waals surface area contributed by atoms with Gasteiger partial charge in [-0.2, -0.15) is 0 Å². The van der Waals surface area contributed by atoms with Crippen LogP contribution in [0.15, 0.2) is 54.6 Å². The van der Waals surface area contributed by atoms with Gasteiger partial charge in [-0.25, -0.2) is 5.43 Å². The van der Waals surface area contributed by atoms with Crippen LogP contribution in [0, 0.1) is 0 Å². The molecule has 0 saturated carbocycles. The fourth-order valence-electron chi connectivity index (χ4n) is 1.70. The SMILES string of the molecule is Nc1ccc(C(=O)NNCCc2ccccc2)cc1. The Morgan fingerprint density at radius 2 is 1.68 bits per heavy atom. The van der Waals surface area contributed by atoms with Crippen molar-refractivity contribution in [1.29, 1.82) is 0 Å². The van der Waals surface area contributed by atoms with Crippen LogP contribution < -0.4 is 16.6 Å². The van der Waals surface area contributed by atoms with E-state index in [1.807, 2.05) is 18.2 Å². The maximum atomic E-state index is 11.8. The number of amides is 1. The number of hydrazine groups is 1. The monoisotopic (exact) mass is 255 g/mol. The second-order valence-corrected chi connectivity index (χ2v) is 4.24. The van der Waals surface area contributed by atoms with Crippen molar-refractivity contribution in [3.8, 4) is 0 Å². The van der Waals surface area contributed by atoms with Gasteiger partial charge in [0.15, 0.2) is 0 Å². The first-order valence-electron chi connectivity index (χ1n) is 6.18. The highest BCUT2D eigenvalue weighted by Gasteiger charge is 2.03. The molecule has 0 atom stereocenters. The second-order valence-electron chi connectivity index (χ2n) is 4.24. The van der Waals surface area contributed by atoms with E-state index < -0.39 is 0 Å². The predicted molar refractivity (Wildman–Crippen MR) is 76.5 cm³/mol. The molecule has 0 radical (unpaired) electrons. The van der Waals surface area contributed by atoms with Gasteiger partial charge in [-0.3, -0.25) is 10.2 Å². The number of rotatable bonds is 5. The quantitative estimate of drug-likeness (QED) is 0.433. The summed E-state index contributed by atoms with van der Waals surface area (Å²) in [5.41, 5.74) is 13.6. The maximum Gasteiger partial charge on any atom is 0.265 e. The Morgan fingerprint density at radius 3 is 2.37 bits per heavy atom. The third kappa shape index (κ3) is 4.12. The Balaban J connectivity index is 1.74. The van der Waals surface area contributed by atoms with Crippen LogP contribution in [-0.2, 0) is 6.42 Å². The van der Waals surface area contributed by atoms with Crippen LogP contribution in [0.3, 0.4) is 0 Å². The molecule has 2 aromatic carbocycles. The van der Waals surface area contributed by atoms with Crippen LogP contribution in [0.4, 0.5) is 5.69 Å². The van der Waals surface area contributed by atoms with Gasteiger partial charge in [-0.15, -0.1) is 0 Å². The van der Waals surface area contributed by atoms with E-state index in [9.17, 15) is 4.79 Å². The molecular weight excluding hydrogens is 238 g/mol. The summed E-state index contributed by atoms with van der Waals surface area (Å²) in [4.78, 5) is 11.8. The van der Waals surface area contributed by atoms with Crippen LogP contribution in [0.1, 0.15) is 15.9 Å². The zero-order valence-electron chi connectivity index (χ0n) is 10.6. The summed E-state index contributed by atoms with van der Waals surface area (Å²) in [5.74, 6) is -0.159. The Labute approximate surface area is 112 Å². The van der Waals surface area contributed by atoms with Crippen molar-refractivity contribution in [2.45, 2.75) is 6.42 Å². The molecule has 0 spiro atoms. The minimum absolute atomic E-state index is 0.159. The third-order valence-electron chi connectivity index (χ3n) is 2.76. The van der Waals surface area contributed by atoms with Crippen molar-refractivity contribution in [2.75, 3.05) is 12.3 Å². The summed E-state index contributed by atoms with van der Waals surface area (Å²) in [5, 5.41) is 0. The Kier molecular flexibility index (Phi) is 4.53. The van der Waals surface area contributed by atoms with E-state index in [-0.39, 0.29) is 5.91 Å². The average molecular weight is 255 g/mol. The highest BCUT2D eigenvalue weighted by atomic mass is 16.2. The second kappa shape index (κ2) is 6.56. The lowest BCUT2D eigenvalue weighted by atomic mass is 10.2. The topological polar surface area (TPSA) is 67.2 Å². The number of nitrogens with two attached hydrogens (primary N) is 1. The van der Waals surface area contributed by atoms with Gasteiger partial charge in [0.2, 0.25) is 0 Å². The molecule has 98 valence electrons. The highest BCUT2D eigenvalue weighted by molar-refractivity contribution is 5.94. The molecule has 4 nitrogen and oxygen atoms in total. The molecule has 1 amide bonds.